The Morgan fingerprint density at radius 2 is 2.14 bits per heavy atom. The summed E-state index contributed by atoms with van der Waals surface area (Å²) in [6.45, 7) is 8.68. The van der Waals surface area contributed by atoms with Gasteiger partial charge in [-0.15, -0.1) is 0 Å². The van der Waals surface area contributed by atoms with Crippen LogP contribution in [0.15, 0.2) is 18.3 Å². The summed E-state index contributed by atoms with van der Waals surface area (Å²) in [4.78, 5) is 15.6. The second-order valence-electron chi connectivity index (χ2n) is 5.87. The molecule has 0 saturated heterocycles. The van der Waals surface area contributed by atoms with Crippen LogP contribution in [-0.2, 0) is 11.3 Å². The summed E-state index contributed by atoms with van der Waals surface area (Å²) in [5, 5.41) is 6.05. The van der Waals surface area contributed by atoms with Gasteiger partial charge in [0.25, 0.3) is 0 Å². The van der Waals surface area contributed by atoms with Crippen molar-refractivity contribution in [3.05, 3.63) is 23.9 Å². The molecule has 1 atom stereocenters. The maximum atomic E-state index is 11.5. The topological polar surface area (TPSA) is 72.5 Å². The first-order valence-electron chi connectivity index (χ1n) is 6.99. The minimum absolute atomic E-state index is 0.122. The number of nitrogens with zero attached hydrogens (tertiary/aromatic N) is 1. The monoisotopic (exact) mass is 295 g/mol. The Morgan fingerprint density at radius 1 is 1.43 bits per heavy atom. The molecule has 1 amide bonds. The zero-order valence-corrected chi connectivity index (χ0v) is 13.4. The predicted octanol–water partition coefficient (Wildman–Crippen LogP) is 2.09. The number of ether oxygens (including phenoxy) is 2. The Balaban J connectivity index is 2.30. The molecular weight excluding hydrogens is 270 g/mol. The lowest BCUT2D eigenvalue weighted by Crippen LogP contribution is -2.41. The number of hydrogen-bond acceptors (Lipinski definition) is 5. The number of carbonyl (C=O) groups excluding carboxylic acids is 1. The van der Waals surface area contributed by atoms with Gasteiger partial charge in [0.15, 0.2) is 0 Å². The van der Waals surface area contributed by atoms with Gasteiger partial charge in [0.05, 0.1) is 7.11 Å². The third kappa shape index (κ3) is 7.51. The van der Waals surface area contributed by atoms with Crippen LogP contribution in [0.3, 0.4) is 0 Å². The van der Waals surface area contributed by atoms with Crippen LogP contribution in [0.2, 0.25) is 0 Å². The number of pyridine rings is 1. The van der Waals surface area contributed by atoms with Crippen LogP contribution in [0.1, 0.15) is 33.3 Å². The highest BCUT2D eigenvalue weighted by atomic mass is 16.6. The van der Waals surface area contributed by atoms with E-state index in [4.69, 9.17) is 9.47 Å². The van der Waals surface area contributed by atoms with Gasteiger partial charge in [0.2, 0.25) is 5.88 Å². The third-order valence-electron chi connectivity index (χ3n) is 2.61. The standard InChI is InChI=1S/C15H25N3O3/c1-11(9-18-14(19)21-15(2,3)4)17-10-12-6-7-16-13(8-12)20-5/h6-8,11,17H,9-10H2,1-5H3,(H,18,19). The van der Waals surface area contributed by atoms with Gasteiger partial charge in [0, 0.05) is 31.4 Å². The van der Waals surface area contributed by atoms with Crippen LogP contribution in [0, 0.1) is 0 Å². The average molecular weight is 295 g/mol. The van der Waals surface area contributed by atoms with Crippen molar-refractivity contribution in [2.24, 2.45) is 0 Å². The normalized spacial score (nSPS) is 12.6. The van der Waals surface area contributed by atoms with Crippen molar-refractivity contribution in [3.8, 4) is 5.88 Å². The van der Waals surface area contributed by atoms with Crippen LogP contribution in [0.25, 0.3) is 0 Å². The summed E-state index contributed by atoms with van der Waals surface area (Å²) in [6.07, 6.45) is 1.31. The fourth-order valence-corrected chi connectivity index (χ4v) is 1.59. The molecule has 0 aliphatic heterocycles. The van der Waals surface area contributed by atoms with E-state index in [2.05, 4.69) is 15.6 Å². The SMILES string of the molecule is COc1cc(CNC(C)CNC(=O)OC(C)(C)C)ccn1. The lowest BCUT2D eigenvalue weighted by atomic mass is 10.2. The van der Waals surface area contributed by atoms with Crippen LogP contribution in [-0.4, -0.2) is 36.4 Å². The molecule has 0 aliphatic rings. The van der Waals surface area contributed by atoms with Gasteiger partial charge < -0.3 is 20.1 Å². The first-order valence-corrected chi connectivity index (χ1v) is 6.99. The largest absolute Gasteiger partial charge is 0.481 e. The van der Waals surface area contributed by atoms with Crippen molar-refractivity contribution in [3.63, 3.8) is 0 Å². The van der Waals surface area contributed by atoms with Gasteiger partial charge in [-0.1, -0.05) is 0 Å². The molecule has 1 unspecified atom stereocenters. The van der Waals surface area contributed by atoms with Crippen molar-refractivity contribution in [2.45, 2.75) is 45.9 Å². The molecule has 0 fully saturated rings. The van der Waals surface area contributed by atoms with E-state index in [0.29, 0.717) is 19.0 Å². The van der Waals surface area contributed by atoms with Gasteiger partial charge in [-0.25, -0.2) is 9.78 Å². The molecular formula is C15H25N3O3. The van der Waals surface area contributed by atoms with Crippen molar-refractivity contribution in [1.82, 2.24) is 15.6 Å². The quantitative estimate of drug-likeness (QED) is 0.841. The summed E-state index contributed by atoms with van der Waals surface area (Å²) >= 11 is 0. The maximum Gasteiger partial charge on any atom is 0.407 e. The van der Waals surface area contributed by atoms with Crippen molar-refractivity contribution >= 4 is 6.09 Å². The van der Waals surface area contributed by atoms with Crippen LogP contribution >= 0.6 is 0 Å². The molecule has 6 heteroatoms. The van der Waals surface area contributed by atoms with E-state index in [9.17, 15) is 4.79 Å². The second-order valence-corrected chi connectivity index (χ2v) is 5.87. The Bertz CT molecular complexity index is 458. The lowest BCUT2D eigenvalue weighted by Gasteiger charge is -2.21. The number of methoxy groups -OCH3 is 1. The van der Waals surface area contributed by atoms with Crippen LogP contribution in [0.5, 0.6) is 5.88 Å². The fraction of sp³-hybridized carbons (Fsp3) is 0.600. The van der Waals surface area contributed by atoms with Crippen molar-refractivity contribution in [2.75, 3.05) is 13.7 Å². The van der Waals surface area contributed by atoms with Crippen molar-refractivity contribution < 1.29 is 14.3 Å². The smallest absolute Gasteiger partial charge is 0.407 e. The van der Waals surface area contributed by atoms with Gasteiger partial charge >= 0.3 is 6.09 Å². The molecule has 0 spiro atoms. The molecule has 118 valence electrons. The van der Waals surface area contributed by atoms with Crippen LogP contribution in [0.4, 0.5) is 4.79 Å². The minimum atomic E-state index is -0.478. The Kier molecular flexibility index (Phi) is 6.42. The number of amides is 1. The van der Waals surface area contributed by atoms with E-state index in [-0.39, 0.29) is 6.04 Å². The number of nitrogens with one attached hydrogen (secondary N) is 2. The molecule has 1 heterocycles. The zero-order chi connectivity index (χ0) is 15.9. The van der Waals surface area contributed by atoms with E-state index in [1.165, 1.54) is 0 Å². The fourth-order valence-electron chi connectivity index (χ4n) is 1.59. The number of rotatable bonds is 6. The number of hydrogen-bond donors (Lipinski definition) is 2. The maximum absolute atomic E-state index is 11.5. The number of alkyl carbamates (subject to hydrolysis) is 1. The van der Waals surface area contributed by atoms with E-state index in [1.54, 1.807) is 13.3 Å². The number of carbonyl (C=O) groups is 1. The highest BCUT2D eigenvalue weighted by Gasteiger charge is 2.16. The molecule has 0 saturated carbocycles. The molecule has 0 radical (unpaired) electrons. The third-order valence-corrected chi connectivity index (χ3v) is 2.61. The highest BCUT2D eigenvalue weighted by Crippen LogP contribution is 2.08. The Hall–Kier alpha value is -1.82. The summed E-state index contributed by atoms with van der Waals surface area (Å²) < 4.78 is 10.3. The summed E-state index contributed by atoms with van der Waals surface area (Å²) in [7, 11) is 1.59. The Labute approximate surface area is 126 Å². The first kappa shape index (κ1) is 17.2. The van der Waals surface area contributed by atoms with Gasteiger partial charge in [-0.2, -0.15) is 0 Å². The first-order chi connectivity index (χ1) is 9.80. The lowest BCUT2D eigenvalue weighted by molar-refractivity contribution is 0.0523. The van der Waals surface area contributed by atoms with Gasteiger partial charge in [0.1, 0.15) is 5.60 Å². The predicted molar refractivity (Wildman–Crippen MR) is 81.3 cm³/mol. The highest BCUT2D eigenvalue weighted by molar-refractivity contribution is 5.67. The molecule has 2 N–H and O–H groups in total. The summed E-state index contributed by atoms with van der Waals surface area (Å²) in [6, 6.07) is 3.92. The minimum Gasteiger partial charge on any atom is -0.481 e. The molecule has 0 bridgehead atoms. The van der Waals surface area contributed by atoms with Crippen molar-refractivity contribution in [1.29, 1.82) is 0 Å². The molecule has 0 aromatic carbocycles. The van der Waals surface area contributed by atoms with Gasteiger partial charge in [-0.05, 0) is 39.3 Å². The van der Waals surface area contributed by atoms with Crippen LogP contribution < -0.4 is 15.4 Å². The molecule has 6 nitrogen and oxygen atoms in total. The van der Waals surface area contributed by atoms with Gasteiger partial charge in [-0.3, -0.25) is 0 Å². The molecule has 0 aliphatic carbocycles. The average Bonchev–Trinajstić information content (AvgIpc) is 2.41. The second kappa shape index (κ2) is 7.83. The Morgan fingerprint density at radius 3 is 2.76 bits per heavy atom. The molecule has 21 heavy (non-hydrogen) atoms. The summed E-state index contributed by atoms with van der Waals surface area (Å²) in [5.74, 6) is 0.592. The molecule has 1 aromatic rings. The van der Waals surface area contributed by atoms with E-state index in [0.717, 1.165) is 5.56 Å². The molecule has 1 rings (SSSR count). The van der Waals surface area contributed by atoms with E-state index >= 15 is 0 Å². The van der Waals surface area contributed by atoms with E-state index in [1.807, 2.05) is 39.8 Å². The number of aromatic nitrogens is 1. The van der Waals surface area contributed by atoms with E-state index < -0.39 is 11.7 Å². The zero-order valence-electron chi connectivity index (χ0n) is 13.4. The molecule has 1 aromatic heterocycles. The summed E-state index contributed by atoms with van der Waals surface area (Å²) in [5.41, 5.74) is 0.597.